The van der Waals surface area contributed by atoms with E-state index >= 15 is 0 Å². The van der Waals surface area contributed by atoms with Gasteiger partial charge in [0.05, 0.1) is 7.11 Å². The molecule has 1 aromatic rings. The molecule has 1 N–H and O–H groups in total. The minimum atomic E-state index is -0.749. The van der Waals surface area contributed by atoms with Gasteiger partial charge in [0, 0.05) is 25.2 Å². The lowest BCUT2D eigenvalue weighted by Gasteiger charge is -2.40. The van der Waals surface area contributed by atoms with Crippen molar-refractivity contribution in [3.8, 4) is 0 Å². The first-order chi connectivity index (χ1) is 10.1. The highest BCUT2D eigenvalue weighted by Gasteiger charge is 2.43. The first-order valence-electron chi connectivity index (χ1n) is 7.31. The van der Waals surface area contributed by atoms with Crippen LogP contribution in [0.4, 0.5) is 5.69 Å². The summed E-state index contributed by atoms with van der Waals surface area (Å²) < 4.78 is 4.98. The van der Waals surface area contributed by atoms with Gasteiger partial charge in [-0.3, -0.25) is 4.79 Å². The highest BCUT2D eigenvalue weighted by atomic mass is 16.5. The lowest BCUT2D eigenvalue weighted by atomic mass is 9.87. The number of benzene rings is 1. The zero-order chi connectivity index (χ0) is 15.3. The second kappa shape index (κ2) is 6.61. The molecule has 1 fully saturated rings. The molecule has 1 amide bonds. The van der Waals surface area contributed by atoms with Gasteiger partial charge in [0.1, 0.15) is 5.54 Å². The van der Waals surface area contributed by atoms with Gasteiger partial charge in [0.25, 0.3) is 0 Å². The molecular weight excluding hydrogens is 268 g/mol. The van der Waals surface area contributed by atoms with E-state index in [0.717, 1.165) is 5.69 Å². The fourth-order valence-corrected chi connectivity index (χ4v) is 2.73. The molecule has 0 bridgehead atoms. The third-order valence-corrected chi connectivity index (χ3v) is 4.01. The van der Waals surface area contributed by atoms with Crippen LogP contribution in [0.2, 0.25) is 0 Å². The van der Waals surface area contributed by atoms with E-state index in [0.29, 0.717) is 32.4 Å². The monoisotopic (exact) mass is 290 g/mol. The maximum Gasteiger partial charge on any atom is 0.331 e. The van der Waals surface area contributed by atoms with Gasteiger partial charge in [-0.25, -0.2) is 4.79 Å². The topological polar surface area (TPSA) is 58.6 Å². The molecule has 5 heteroatoms. The number of nitrogens with one attached hydrogen (secondary N) is 1. The third-order valence-electron chi connectivity index (χ3n) is 4.01. The maximum absolute atomic E-state index is 12.3. The molecule has 0 unspecified atom stereocenters. The van der Waals surface area contributed by atoms with Crippen molar-refractivity contribution in [2.24, 2.45) is 0 Å². The van der Waals surface area contributed by atoms with Crippen molar-refractivity contribution >= 4 is 17.6 Å². The predicted molar refractivity (Wildman–Crippen MR) is 80.9 cm³/mol. The summed E-state index contributed by atoms with van der Waals surface area (Å²) in [6.07, 6.45) is 1.61. The van der Waals surface area contributed by atoms with Crippen LogP contribution < -0.4 is 5.32 Å². The number of hydrogen-bond donors (Lipinski definition) is 1. The Morgan fingerprint density at radius 3 is 2.38 bits per heavy atom. The Hall–Kier alpha value is -2.04. The molecule has 0 radical (unpaired) electrons. The Balaban J connectivity index is 2.13. The summed E-state index contributed by atoms with van der Waals surface area (Å²) in [4.78, 5) is 25.8. The number of rotatable bonds is 4. The molecule has 0 saturated carbocycles. The quantitative estimate of drug-likeness (QED) is 0.862. The van der Waals surface area contributed by atoms with E-state index in [4.69, 9.17) is 4.74 Å². The number of anilines is 1. The van der Waals surface area contributed by atoms with E-state index in [1.54, 1.807) is 0 Å². The van der Waals surface area contributed by atoms with Crippen LogP contribution in [-0.4, -0.2) is 42.5 Å². The van der Waals surface area contributed by atoms with Crippen LogP contribution in [0.5, 0.6) is 0 Å². The van der Waals surface area contributed by atoms with Gasteiger partial charge in [-0.05, 0) is 25.0 Å². The average Bonchev–Trinajstić information content (AvgIpc) is 2.55. The van der Waals surface area contributed by atoms with E-state index in [9.17, 15) is 9.59 Å². The largest absolute Gasteiger partial charge is 0.467 e. The Morgan fingerprint density at radius 2 is 1.86 bits per heavy atom. The number of amides is 1. The third kappa shape index (κ3) is 3.35. The Labute approximate surface area is 125 Å². The standard InChI is InChI=1S/C16H22N2O3/c1-3-14(19)18-11-9-16(10-12-18,15(20)21-2)17-13-7-5-4-6-8-13/h4-8,17H,3,9-12H2,1-2H3. The predicted octanol–water partition coefficient (Wildman–Crippen LogP) is 2.04. The van der Waals surface area contributed by atoms with Gasteiger partial charge in [-0.15, -0.1) is 0 Å². The van der Waals surface area contributed by atoms with Crippen LogP contribution >= 0.6 is 0 Å². The number of carbonyl (C=O) groups excluding carboxylic acids is 2. The zero-order valence-corrected chi connectivity index (χ0v) is 12.6. The summed E-state index contributed by atoms with van der Waals surface area (Å²) in [6, 6.07) is 9.62. The van der Waals surface area contributed by atoms with Crippen molar-refractivity contribution in [1.82, 2.24) is 4.90 Å². The normalized spacial score (nSPS) is 17.1. The SMILES string of the molecule is CCC(=O)N1CCC(Nc2ccccc2)(C(=O)OC)CC1. The molecule has 1 aromatic carbocycles. The zero-order valence-electron chi connectivity index (χ0n) is 12.6. The smallest absolute Gasteiger partial charge is 0.331 e. The van der Waals surface area contributed by atoms with E-state index in [1.807, 2.05) is 42.2 Å². The first-order valence-corrected chi connectivity index (χ1v) is 7.31. The molecule has 5 nitrogen and oxygen atoms in total. The van der Waals surface area contributed by atoms with Crippen LogP contribution in [0.3, 0.4) is 0 Å². The van der Waals surface area contributed by atoms with Gasteiger partial charge >= 0.3 is 5.97 Å². The van der Waals surface area contributed by atoms with Crippen molar-refractivity contribution in [3.05, 3.63) is 30.3 Å². The second-order valence-electron chi connectivity index (χ2n) is 5.30. The van der Waals surface area contributed by atoms with E-state index in [-0.39, 0.29) is 11.9 Å². The van der Waals surface area contributed by atoms with Gasteiger partial charge in [-0.1, -0.05) is 25.1 Å². The summed E-state index contributed by atoms with van der Waals surface area (Å²) in [5.74, 6) is -0.136. The molecule has 0 atom stereocenters. The molecule has 1 aliphatic heterocycles. The van der Waals surface area contributed by atoms with Crippen LogP contribution in [0.1, 0.15) is 26.2 Å². The van der Waals surface area contributed by atoms with E-state index < -0.39 is 5.54 Å². The first kappa shape index (κ1) is 15.4. The Bertz CT molecular complexity index is 494. The van der Waals surface area contributed by atoms with Crippen molar-refractivity contribution in [1.29, 1.82) is 0 Å². The number of hydrogen-bond acceptors (Lipinski definition) is 4. The number of methoxy groups -OCH3 is 1. The minimum absolute atomic E-state index is 0.133. The molecule has 21 heavy (non-hydrogen) atoms. The van der Waals surface area contributed by atoms with Gasteiger partial charge < -0.3 is 15.0 Å². The summed E-state index contributed by atoms with van der Waals surface area (Å²) in [6.45, 7) is 3.00. The second-order valence-corrected chi connectivity index (χ2v) is 5.30. The highest BCUT2D eigenvalue weighted by molar-refractivity contribution is 5.85. The summed E-state index contributed by atoms with van der Waals surface area (Å²) in [7, 11) is 1.40. The number of carbonyl (C=O) groups is 2. The molecule has 1 saturated heterocycles. The maximum atomic E-state index is 12.3. The lowest BCUT2D eigenvalue weighted by Crippen LogP contribution is -2.55. The van der Waals surface area contributed by atoms with Crippen LogP contribution in [0, 0.1) is 0 Å². The summed E-state index contributed by atoms with van der Waals surface area (Å²) in [5.41, 5.74) is 0.138. The van der Waals surface area contributed by atoms with Crippen LogP contribution in [-0.2, 0) is 14.3 Å². The number of nitrogens with zero attached hydrogens (tertiary/aromatic N) is 1. The highest BCUT2D eigenvalue weighted by Crippen LogP contribution is 2.28. The summed E-state index contributed by atoms with van der Waals surface area (Å²) in [5, 5.41) is 3.31. The summed E-state index contributed by atoms with van der Waals surface area (Å²) >= 11 is 0. The molecule has 2 rings (SSSR count). The number of likely N-dealkylation sites (tertiary alicyclic amines) is 1. The van der Waals surface area contributed by atoms with Crippen molar-refractivity contribution in [3.63, 3.8) is 0 Å². The van der Waals surface area contributed by atoms with Crippen LogP contribution in [0.25, 0.3) is 0 Å². The molecule has 0 spiro atoms. The van der Waals surface area contributed by atoms with Crippen LogP contribution in [0.15, 0.2) is 30.3 Å². The van der Waals surface area contributed by atoms with Gasteiger partial charge in [-0.2, -0.15) is 0 Å². The molecule has 0 aliphatic carbocycles. The molecular formula is C16H22N2O3. The number of ether oxygens (including phenoxy) is 1. The number of esters is 1. The van der Waals surface area contributed by atoms with Crippen molar-refractivity contribution in [2.45, 2.75) is 31.7 Å². The van der Waals surface area contributed by atoms with Crippen molar-refractivity contribution < 1.29 is 14.3 Å². The molecule has 114 valence electrons. The Kier molecular flexibility index (Phi) is 4.83. The van der Waals surface area contributed by atoms with E-state index in [2.05, 4.69) is 5.32 Å². The number of para-hydroxylation sites is 1. The minimum Gasteiger partial charge on any atom is -0.467 e. The van der Waals surface area contributed by atoms with Crippen molar-refractivity contribution in [2.75, 3.05) is 25.5 Å². The number of piperidine rings is 1. The van der Waals surface area contributed by atoms with E-state index in [1.165, 1.54) is 7.11 Å². The fraction of sp³-hybridized carbons (Fsp3) is 0.500. The lowest BCUT2D eigenvalue weighted by molar-refractivity contribution is -0.149. The average molecular weight is 290 g/mol. The fourth-order valence-electron chi connectivity index (χ4n) is 2.73. The molecule has 1 heterocycles. The Morgan fingerprint density at radius 1 is 1.24 bits per heavy atom. The molecule has 0 aromatic heterocycles. The van der Waals surface area contributed by atoms with Gasteiger partial charge in [0.2, 0.25) is 5.91 Å². The van der Waals surface area contributed by atoms with Gasteiger partial charge in [0.15, 0.2) is 0 Å². The molecule has 1 aliphatic rings.